The van der Waals surface area contributed by atoms with Gasteiger partial charge in [-0.15, -0.1) is 0 Å². The Labute approximate surface area is 67.3 Å². The highest BCUT2D eigenvalue weighted by Gasteiger charge is 2.32. The molecule has 2 fully saturated rings. The van der Waals surface area contributed by atoms with E-state index >= 15 is 0 Å². The molecule has 2 rings (SSSR count). The highest BCUT2D eigenvalue weighted by molar-refractivity contribution is 4.84. The van der Waals surface area contributed by atoms with Gasteiger partial charge in [0.2, 0.25) is 0 Å². The molecule has 0 radical (unpaired) electrons. The fourth-order valence-electron chi connectivity index (χ4n) is 1.88. The quantitative estimate of drug-likeness (QED) is 0.498. The van der Waals surface area contributed by atoms with Crippen molar-refractivity contribution in [3.05, 3.63) is 0 Å². The molecule has 2 atom stereocenters. The summed E-state index contributed by atoms with van der Waals surface area (Å²) < 4.78 is 10.9. The lowest BCUT2D eigenvalue weighted by atomic mass is 10.0. The van der Waals surface area contributed by atoms with Crippen LogP contribution in [-0.4, -0.2) is 50.5 Å². The van der Waals surface area contributed by atoms with E-state index in [1.54, 1.807) is 0 Å². The van der Waals surface area contributed by atoms with Crippen molar-refractivity contribution in [1.29, 1.82) is 0 Å². The predicted octanol–water partition coefficient (Wildman–Crippen LogP) is 0.106. The normalized spacial score (nSPS) is 40.1. The molecule has 2 heterocycles. The molecular formula is C8H15NO2. The summed E-state index contributed by atoms with van der Waals surface area (Å²) >= 11 is 0. The van der Waals surface area contributed by atoms with E-state index in [0.717, 1.165) is 32.8 Å². The van der Waals surface area contributed by atoms with Gasteiger partial charge in [-0.25, -0.2) is 0 Å². The smallest absolute Gasteiger partial charge is 0.0964 e. The number of ether oxygens (including phenoxy) is 2. The predicted molar refractivity (Wildman–Crippen MR) is 41.6 cm³/mol. The van der Waals surface area contributed by atoms with E-state index in [1.165, 1.54) is 0 Å². The van der Waals surface area contributed by atoms with Crippen molar-refractivity contribution < 1.29 is 9.47 Å². The summed E-state index contributed by atoms with van der Waals surface area (Å²) in [6, 6.07) is 0.609. The van der Waals surface area contributed by atoms with E-state index < -0.39 is 0 Å². The number of nitrogens with zero attached hydrogens (tertiary/aromatic N) is 1. The van der Waals surface area contributed by atoms with Crippen LogP contribution in [0.25, 0.3) is 0 Å². The standard InChI is InChI=1S/C8H15NO2/c1-9-3-5-11-8-6-10-4-2-7(8)9/h7-8H,2-6H2,1H3. The Morgan fingerprint density at radius 1 is 1.36 bits per heavy atom. The summed E-state index contributed by atoms with van der Waals surface area (Å²) in [5.41, 5.74) is 0. The Balaban J connectivity index is 1.99. The largest absolute Gasteiger partial charge is 0.379 e. The van der Waals surface area contributed by atoms with Crippen LogP contribution in [0, 0.1) is 0 Å². The Bertz CT molecular complexity index is 138. The summed E-state index contributed by atoms with van der Waals surface area (Å²) in [5.74, 6) is 0. The van der Waals surface area contributed by atoms with Crippen LogP contribution in [0.4, 0.5) is 0 Å². The molecule has 0 amide bonds. The third-order valence-corrected chi connectivity index (χ3v) is 2.61. The minimum Gasteiger partial charge on any atom is -0.379 e. The Hall–Kier alpha value is -0.120. The average Bonchev–Trinajstić information content (AvgIpc) is 2.06. The lowest BCUT2D eigenvalue weighted by molar-refractivity contribution is -0.128. The first-order valence-electron chi connectivity index (χ1n) is 4.27. The van der Waals surface area contributed by atoms with Crippen molar-refractivity contribution in [1.82, 2.24) is 4.90 Å². The van der Waals surface area contributed by atoms with E-state index in [4.69, 9.17) is 9.47 Å². The summed E-state index contributed by atoms with van der Waals surface area (Å²) in [4.78, 5) is 2.39. The molecule has 2 saturated heterocycles. The van der Waals surface area contributed by atoms with Gasteiger partial charge in [0.05, 0.1) is 19.3 Å². The van der Waals surface area contributed by atoms with Gasteiger partial charge in [-0.2, -0.15) is 0 Å². The van der Waals surface area contributed by atoms with Gasteiger partial charge in [0.25, 0.3) is 0 Å². The zero-order valence-electron chi connectivity index (χ0n) is 6.95. The van der Waals surface area contributed by atoms with Crippen LogP contribution >= 0.6 is 0 Å². The number of likely N-dealkylation sites (N-methyl/N-ethyl adjacent to an activating group) is 1. The van der Waals surface area contributed by atoms with Gasteiger partial charge < -0.3 is 9.47 Å². The lowest BCUT2D eigenvalue weighted by Crippen LogP contribution is -2.53. The summed E-state index contributed by atoms with van der Waals surface area (Å²) in [6.07, 6.45) is 1.46. The van der Waals surface area contributed by atoms with E-state index in [0.29, 0.717) is 12.1 Å². The van der Waals surface area contributed by atoms with Gasteiger partial charge in [0.15, 0.2) is 0 Å². The lowest BCUT2D eigenvalue weighted by Gasteiger charge is -2.41. The molecule has 2 aliphatic heterocycles. The van der Waals surface area contributed by atoms with Gasteiger partial charge in [-0.05, 0) is 13.5 Å². The molecular weight excluding hydrogens is 142 g/mol. The SMILES string of the molecule is CN1CCOC2COCCC21. The molecule has 3 heteroatoms. The maximum atomic E-state index is 5.59. The van der Waals surface area contributed by atoms with Gasteiger partial charge in [0, 0.05) is 19.2 Å². The van der Waals surface area contributed by atoms with E-state index in [2.05, 4.69) is 11.9 Å². The molecule has 0 aromatic heterocycles. The van der Waals surface area contributed by atoms with Crippen molar-refractivity contribution in [2.75, 3.05) is 33.4 Å². The highest BCUT2D eigenvalue weighted by atomic mass is 16.5. The van der Waals surface area contributed by atoms with Crippen molar-refractivity contribution >= 4 is 0 Å². The average molecular weight is 157 g/mol. The second-order valence-corrected chi connectivity index (χ2v) is 3.32. The Morgan fingerprint density at radius 3 is 3.09 bits per heavy atom. The number of hydrogen-bond donors (Lipinski definition) is 0. The number of hydrogen-bond acceptors (Lipinski definition) is 3. The molecule has 0 aromatic rings. The molecule has 2 aliphatic rings. The van der Waals surface area contributed by atoms with Crippen LogP contribution in [0.3, 0.4) is 0 Å². The maximum Gasteiger partial charge on any atom is 0.0964 e. The second-order valence-electron chi connectivity index (χ2n) is 3.32. The van der Waals surface area contributed by atoms with Crippen LogP contribution in [0.2, 0.25) is 0 Å². The summed E-state index contributed by atoms with van der Waals surface area (Å²) in [5, 5.41) is 0. The van der Waals surface area contributed by atoms with Crippen molar-refractivity contribution in [3.63, 3.8) is 0 Å². The van der Waals surface area contributed by atoms with Gasteiger partial charge in [-0.1, -0.05) is 0 Å². The number of fused-ring (bicyclic) bond motifs is 1. The van der Waals surface area contributed by atoms with Crippen molar-refractivity contribution in [2.24, 2.45) is 0 Å². The zero-order valence-corrected chi connectivity index (χ0v) is 6.95. The first-order valence-corrected chi connectivity index (χ1v) is 4.27. The second kappa shape index (κ2) is 3.09. The van der Waals surface area contributed by atoms with Crippen LogP contribution in [0.15, 0.2) is 0 Å². The minimum absolute atomic E-state index is 0.336. The van der Waals surface area contributed by atoms with Crippen molar-refractivity contribution in [2.45, 2.75) is 18.6 Å². The van der Waals surface area contributed by atoms with Gasteiger partial charge >= 0.3 is 0 Å². The molecule has 3 nitrogen and oxygen atoms in total. The van der Waals surface area contributed by atoms with Crippen LogP contribution in [-0.2, 0) is 9.47 Å². The Morgan fingerprint density at radius 2 is 2.27 bits per heavy atom. The summed E-state index contributed by atoms with van der Waals surface area (Å²) in [6.45, 7) is 3.62. The van der Waals surface area contributed by atoms with E-state index in [-0.39, 0.29) is 0 Å². The molecule has 0 saturated carbocycles. The topological polar surface area (TPSA) is 21.7 Å². The zero-order chi connectivity index (χ0) is 7.68. The maximum absolute atomic E-state index is 5.59. The van der Waals surface area contributed by atoms with Gasteiger partial charge in [0.1, 0.15) is 0 Å². The summed E-state index contributed by atoms with van der Waals surface area (Å²) in [7, 11) is 2.17. The van der Waals surface area contributed by atoms with Crippen molar-refractivity contribution in [3.8, 4) is 0 Å². The Kier molecular flexibility index (Phi) is 2.11. The number of rotatable bonds is 0. The fraction of sp³-hybridized carbons (Fsp3) is 1.00. The molecule has 0 bridgehead atoms. The molecule has 0 N–H and O–H groups in total. The van der Waals surface area contributed by atoms with Gasteiger partial charge in [-0.3, -0.25) is 4.90 Å². The van der Waals surface area contributed by atoms with E-state index in [1.807, 2.05) is 0 Å². The molecule has 0 aliphatic carbocycles. The molecule has 11 heavy (non-hydrogen) atoms. The first-order chi connectivity index (χ1) is 5.38. The third-order valence-electron chi connectivity index (χ3n) is 2.61. The molecule has 64 valence electrons. The molecule has 2 unspecified atom stereocenters. The van der Waals surface area contributed by atoms with E-state index in [9.17, 15) is 0 Å². The third kappa shape index (κ3) is 1.41. The first kappa shape index (κ1) is 7.53. The monoisotopic (exact) mass is 157 g/mol. The molecule has 0 spiro atoms. The highest BCUT2D eigenvalue weighted by Crippen LogP contribution is 2.19. The number of morpholine rings is 1. The van der Waals surface area contributed by atoms with Crippen LogP contribution in [0.5, 0.6) is 0 Å². The molecule has 0 aromatic carbocycles. The van der Waals surface area contributed by atoms with Crippen LogP contribution < -0.4 is 0 Å². The minimum atomic E-state index is 0.336. The fourth-order valence-corrected chi connectivity index (χ4v) is 1.88. The van der Waals surface area contributed by atoms with Crippen LogP contribution in [0.1, 0.15) is 6.42 Å².